The molecule has 1 aromatic carbocycles. The fourth-order valence-electron chi connectivity index (χ4n) is 2.03. The van der Waals surface area contributed by atoms with E-state index >= 15 is 0 Å². The van der Waals surface area contributed by atoms with Gasteiger partial charge in [0.25, 0.3) is 5.91 Å². The van der Waals surface area contributed by atoms with Crippen molar-refractivity contribution >= 4 is 22.5 Å². The molecule has 0 unspecified atom stereocenters. The van der Waals surface area contributed by atoms with Gasteiger partial charge in [-0.25, -0.2) is 0 Å². The highest BCUT2D eigenvalue weighted by atomic mass is 16.1. The Labute approximate surface area is 114 Å². The van der Waals surface area contributed by atoms with E-state index in [1.165, 1.54) is 0 Å². The van der Waals surface area contributed by atoms with E-state index in [2.05, 4.69) is 20.6 Å². The van der Waals surface area contributed by atoms with E-state index in [0.717, 1.165) is 11.1 Å². The molecule has 2 heterocycles. The third-order valence-corrected chi connectivity index (χ3v) is 3.01. The summed E-state index contributed by atoms with van der Waals surface area (Å²) in [5.41, 5.74) is 8.39. The summed E-state index contributed by atoms with van der Waals surface area (Å²) in [6.45, 7) is 0.406. The van der Waals surface area contributed by atoms with Crippen LogP contribution in [0.4, 0.5) is 5.69 Å². The largest absolute Gasteiger partial charge is 0.399 e. The van der Waals surface area contributed by atoms with Crippen molar-refractivity contribution in [3.8, 4) is 0 Å². The number of carbonyl (C=O) groups is 1. The number of anilines is 1. The number of aromatic nitrogens is 4. The molecule has 0 bridgehead atoms. The Balaban J connectivity index is 1.80. The van der Waals surface area contributed by atoms with Crippen LogP contribution in [-0.4, -0.2) is 25.9 Å². The third kappa shape index (κ3) is 2.20. The van der Waals surface area contributed by atoms with Crippen LogP contribution in [0.1, 0.15) is 16.1 Å². The van der Waals surface area contributed by atoms with Gasteiger partial charge in [-0.3, -0.25) is 14.6 Å². The summed E-state index contributed by atoms with van der Waals surface area (Å²) in [5.74, 6) is -0.245. The highest BCUT2D eigenvalue weighted by Gasteiger charge is 2.14. The second-order valence-corrected chi connectivity index (χ2v) is 4.58. The second-order valence-electron chi connectivity index (χ2n) is 4.58. The fourth-order valence-corrected chi connectivity index (χ4v) is 2.03. The van der Waals surface area contributed by atoms with Crippen LogP contribution in [-0.2, 0) is 13.6 Å². The number of aromatic amines is 1. The molecule has 7 heteroatoms. The molecule has 7 nitrogen and oxygen atoms in total. The van der Waals surface area contributed by atoms with Crippen molar-refractivity contribution in [2.75, 3.05) is 5.73 Å². The summed E-state index contributed by atoms with van der Waals surface area (Å²) in [6.07, 6.45) is 3.56. The molecule has 0 aliphatic heterocycles. The number of nitrogen functional groups attached to an aromatic ring is 1. The lowest BCUT2D eigenvalue weighted by molar-refractivity contribution is 0.0947. The number of amides is 1. The molecule has 20 heavy (non-hydrogen) atoms. The van der Waals surface area contributed by atoms with Gasteiger partial charge in [-0.05, 0) is 18.2 Å². The maximum atomic E-state index is 12.1. The Hall–Kier alpha value is -2.83. The van der Waals surface area contributed by atoms with E-state index in [1.807, 2.05) is 13.2 Å². The summed E-state index contributed by atoms with van der Waals surface area (Å²) in [5, 5.41) is 14.4. The topological polar surface area (TPSA) is 102 Å². The number of nitrogens with zero attached hydrogens (tertiary/aromatic N) is 3. The summed E-state index contributed by atoms with van der Waals surface area (Å²) in [6, 6.07) is 5.30. The first-order valence-corrected chi connectivity index (χ1v) is 6.13. The molecule has 3 rings (SSSR count). The number of benzene rings is 1. The zero-order valence-electron chi connectivity index (χ0n) is 10.9. The molecule has 0 radical (unpaired) electrons. The number of hydrogen-bond donors (Lipinski definition) is 3. The van der Waals surface area contributed by atoms with Crippen molar-refractivity contribution in [2.24, 2.45) is 7.05 Å². The van der Waals surface area contributed by atoms with Crippen LogP contribution in [0.3, 0.4) is 0 Å². The standard InChI is InChI=1S/C13H14N6O/c1-19-7-8(6-16-19)5-15-13(20)12-10-4-9(14)2-3-11(10)17-18-12/h2-4,6-7H,5,14H2,1H3,(H,15,20)(H,17,18). The first kappa shape index (κ1) is 12.2. The molecule has 4 N–H and O–H groups in total. The van der Waals surface area contributed by atoms with Crippen LogP contribution in [0.5, 0.6) is 0 Å². The van der Waals surface area contributed by atoms with Crippen molar-refractivity contribution in [3.05, 3.63) is 41.9 Å². The molecule has 0 fully saturated rings. The molecule has 0 saturated heterocycles. The Morgan fingerprint density at radius 3 is 3.10 bits per heavy atom. The SMILES string of the molecule is Cn1cc(CNC(=O)c2n[nH]c3ccc(N)cc23)cn1. The predicted molar refractivity (Wildman–Crippen MR) is 74.9 cm³/mol. The van der Waals surface area contributed by atoms with Crippen LogP contribution in [0.15, 0.2) is 30.6 Å². The average molecular weight is 270 g/mol. The quantitative estimate of drug-likeness (QED) is 0.613. The van der Waals surface area contributed by atoms with E-state index in [0.29, 0.717) is 23.3 Å². The summed E-state index contributed by atoms with van der Waals surface area (Å²) >= 11 is 0. The molecule has 1 amide bonds. The minimum Gasteiger partial charge on any atom is -0.399 e. The number of hydrogen-bond acceptors (Lipinski definition) is 4. The molecular formula is C13H14N6O. The van der Waals surface area contributed by atoms with Gasteiger partial charge in [0.15, 0.2) is 5.69 Å². The van der Waals surface area contributed by atoms with Gasteiger partial charge in [-0.2, -0.15) is 10.2 Å². The molecule has 0 saturated carbocycles. The van der Waals surface area contributed by atoms with Gasteiger partial charge < -0.3 is 11.1 Å². The van der Waals surface area contributed by atoms with E-state index < -0.39 is 0 Å². The normalized spacial score (nSPS) is 10.8. The van der Waals surface area contributed by atoms with Crippen LogP contribution in [0.25, 0.3) is 10.9 Å². The van der Waals surface area contributed by atoms with E-state index in [1.54, 1.807) is 29.1 Å². The Kier molecular flexibility index (Phi) is 2.86. The van der Waals surface area contributed by atoms with E-state index in [4.69, 9.17) is 5.73 Å². The van der Waals surface area contributed by atoms with Gasteiger partial charge in [-0.15, -0.1) is 0 Å². The molecular weight excluding hydrogens is 256 g/mol. The lowest BCUT2D eigenvalue weighted by Crippen LogP contribution is -2.23. The maximum absolute atomic E-state index is 12.1. The van der Waals surface area contributed by atoms with Crippen molar-refractivity contribution < 1.29 is 4.79 Å². The van der Waals surface area contributed by atoms with Crippen LogP contribution >= 0.6 is 0 Å². The van der Waals surface area contributed by atoms with Gasteiger partial charge in [0.2, 0.25) is 0 Å². The lowest BCUT2D eigenvalue weighted by atomic mass is 10.2. The number of rotatable bonds is 3. The summed E-state index contributed by atoms with van der Waals surface area (Å²) in [4.78, 5) is 12.1. The van der Waals surface area contributed by atoms with Crippen LogP contribution < -0.4 is 11.1 Å². The monoisotopic (exact) mass is 270 g/mol. The molecule has 0 atom stereocenters. The van der Waals surface area contributed by atoms with E-state index in [-0.39, 0.29) is 5.91 Å². The van der Waals surface area contributed by atoms with Gasteiger partial charge in [0.05, 0.1) is 11.7 Å². The Morgan fingerprint density at radius 2 is 2.35 bits per heavy atom. The van der Waals surface area contributed by atoms with Crippen molar-refractivity contribution in [2.45, 2.75) is 6.54 Å². The summed E-state index contributed by atoms with van der Waals surface area (Å²) < 4.78 is 1.69. The van der Waals surface area contributed by atoms with Gasteiger partial charge >= 0.3 is 0 Å². The van der Waals surface area contributed by atoms with Gasteiger partial charge in [0, 0.05) is 36.4 Å². The zero-order chi connectivity index (χ0) is 14.1. The van der Waals surface area contributed by atoms with Crippen molar-refractivity contribution in [3.63, 3.8) is 0 Å². The second kappa shape index (κ2) is 4.69. The number of H-pyrrole nitrogens is 1. The Morgan fingerprint density at radius 1 is 1.50 bits per heavy atom. The van der Waals surface area contributed by atoms with Gasteiger partial charge in [0.1, 0.15) is 0 Å². The predicted octanol–water partition coefficient (Wildman–Crippen LogP) is 0.809. The number of carbonyl (C=O) groups excluding carboxylic acids is 1. The maximum Gasteiger partial charge on any atom is 0.272 e. The van der Waals surface area contributed by atoms with Crippen molar-refractivity contribution in [1.29, 1.82) is 0 Å². The third-order valence-electron chi connectivity index (χ3n) is 3.01. The first-order valence-electron chi connectivity index (χ1n) is 6.13. The minimum absolute atomic E-state index is 0.245. The molecule has 0 aliphatic carbocycles. The first-order chi connectivity index (χ1) is 9.63. The highest BCUT2D eigenvalue weighted by molar-refractivity contribution is 6.05. The minimum atomic E-state index is -0.245. The highest BCUT2D eigenvalue weighted by Crippen LogP contribution is 2.18. The van der Waals surface area contributed by atoms with Crippen LogP contribution in [0.2, 0.25) is 0 Å². The molecule has 0 spiro atoms. The number of aryl methyl sites for hydroxylation is 1. The zero-order valence-corrected chi connectivity index (χ0v) is 10.9. The van der Waals surface area contributed by atoms with Crippen LogP contribution in [0, 0.1) is 0 Å². The lowest BCUT2D eigenvalue weighted by Gasteiger charge is -2.01. The fraction of sp³-hybridized carbons (Fsp3) is 0.154. The number of nitrogens with two attached hydrogens (primary N) is 1. The molecule has 3 aromatic rings. The number of nitrogens with one attached hydrogen (secondary N) is 2. The van der Waals surface area contributed by atoms with Crippen molar-refractivity contribution in [1.82, 2.24) is 25.3 Å². The smallest absolute Gasteiger partial charge is 0.272 e. The molecule has 2 aromatic heterocycles. The summed E-state index contributed by atoms with van der Waals surface area (Å²) in [7, 11) is 1.83. The molecule has 102 valence electrons. The number of fused-ring (bicyclic) bond motifs is 1. The van der Waals surface area contributed by atoms with Gasteiger partial charge in [-0.1, -0.05) is 0 Å². The molecule has 0 aliphatic rings. The Bertz CT molecular complexity index is 772. The average Bonchev–Trinajstić information content (AvgIpc) is 3.02. The van der Waals surface area contributed by atoms with E-state index in [9.17, 15) is 4.79 Å².